The molecule has 6 aromatic rings. The second-order valence-corrected chi connectivity index (χ2v) is 33.1. The molecule has 0 radical (unpaired) electrons. The van der Waals surface area contributed by atoms with Crippen molar-refractivity contribution in [2.45, 2.75) is 13.8 Å². The molecule has 0 amide bonds. The molecule has 0 saturated carbocycles. The summed E-state index contributed by atoms with van der Waals surface area (Å²) in [5.41, 5.74) is 2.59. The third-order valence-electron chi connectivity index (χ3n) is 9.49. The van der Waals surface area contributed by atoms with E-state index in [0.717, 1.165) is 11.5 Å². The van der Waals surface area contributed by atoms with Crippen LogP contribution in [0, 0.1) is 13.8 Å². The normalized spacial score (nSPS) is 14.3. The molecule has 0 N–H and O–H groups in total. The van der Waals surface area contributed by atoms with Gasteiger partial charge >= 0.3 is 271 Å². The van der Waals surface area contributed by atoms with Crippen LogP contribution in [0.4, 0.5) is 0 Å². The van der Waals surface area contributed by atoms with Crippen LogP contribution >= 0.6 is 0 Å². The predicted octanol–water partition coefficient (Wildman–Crippen LogP) is 3.39. The van der Waals surface area contributed by atoms with Crippen molar-refractivity contribution in [1.82, 2.24) is 0 Å². The van der Waals surface area contributed by atoms with Gasteiger partial charge < -0.3 is 0 Å². The quantitative estimate of drug-likeness (QED) is 0.241. The number of fused-ring (bicyclic) bond motifs is 2. The van der Waals surface area contributed by atoms with E-state index in [0.29, 0.717) is 0 Å². The van der Waals surface area contributed by atoms with Crippen LogP contribution in [0.2, 0.25) is 0 Å². The summed E-state index contributed by atoms with van der Waals surface area (Å²) < 4.78 is 23.4. The third-order valence-corrected chi connectivity index (χ3v) is 41.5. The molecule has 0 saturated heterocycles. The number of benzene rings is 6. The van der Waals surface area contributed by atoms with Gasteiger partial charge in [-0.3, -0.25) is 0 Å². The molecule has 0 spiro atoms. The molecule has 1 heterocycles. The first-order valence-corrected chi connectivity index (χ1v) is 26.6. The van der Waals surface area contributed by atoms with Crippen molar-refractivity contribution in [2.75, 3.05) is 14.2 Å². The molecule has 4 heteroatoms. The van der Waals surface area contributed by atoms with E-state index in [1.165, 1.54) is 25.4 Å². The maximum atomic E-state index is 5.65. The van der Waals surface area contributed by atoms with Crippen LogP contribution in [0.3, 0.4) is 0 Å². The summed E-state index contributed by atoms with van der Waals surface area (Å²) in [5.74, 6) is 1.77. The van der Waals surface area contributed by atoms with E-state index in [-0.39, 0.29) is 0 Å². The van der Waals surface area contributed by atoms with E-state index in [2.05, 4.69) is 159 Å². The molecule has 0 atom stereocenters. The van der Waals surface area contributed by atoms with E-state index in [1.54, 1.807) is 28.5 Å². The van der Waals surface area contributed by atoms with E-state index in [1.807, 2.05) is 0 Å². The van der Waals surface area contributed by atoms with Gasteiger partial charge in [0.05, 0.1) is 0 Å². The number of hydrogen-bond donors (Lipinski definition) is 0. The van der Waals surface area contributed by atoms with Crippen LogP contribution in [0.25, 0.3) is 0 Å². The molecule has 0 aromatic heterocycles. The minimum atomic E-state index is -3.93. The van der Waals surface area contributed by atoms with Gasteiger partial charge in [-0.2, -0.15) is 0 Å². The van der Waals surface area contributed by atoms with Crippen LogP contribution in [-0.2, 0) is 0 Å². The Morgan fingerprint density at radius 3 is 0.841 bits per heavy atom. The zero-order valence-electron chi connectivity index (χ0n) is 25.7. The first-order chi connectivity index (χ1) is 21.5. The van der Waals surface area contributed by atoms with Crippen molar-refractivity contribution in [2.24, 2.45) is 0 Å². The Morgan fingerprint density at radius 2 is 0.591 bits per heavy atom. The first kappa shape index (κ1) is 29.2. The molecular formula is C40H36O2Sn2. The van der Waals surface area contributed by atoms with Crippen molar-refractivity contribution in [3.63, 3.8) is 0 Å². The summed E-state index contributed by atoms with van der Waals surface area (Å²) in [4.78, 5) is 0. The molecule has 0 fully saturated rings. The van der Waals surface area contributed by atoms with Gasteiger partial charge in [0.15, 0.2) is 0 Å². The Balaban J connectivity index is 1.68. The average molecular weight is 786 g/mol. The first-order valence-electron chi connectivity index (χ1n) is 15.2. The zero-order valence-corrected chi connectivity index (χ0v) is 31.4. The van der Waals surface area contributed by atoms with E-state index in [4.69, 9.17) is 9.47 Å². The van der Waals surface area contributed by atoms with Crippen LogP contribution in [0.1, 0.15) is 11.1 Å². The Morgan fingerprint density at radius 1 is 0.341 bits per heavy atom. The number of hydrogen-bond acceptors (Lipinski definition) is 2. The third kappa shape index (κ3) is 4.44. The Labute approximate surface area is 269 Å². The zero-order chi connectivity index (χ0) is 30.3. The van der Waals surface area contributed by atoms with Crippen LogP contribution in [0.5, 0.6) is 11.5 Å². The minimum absolute atomic E-state index is 0.884. The molecule has 44 heavy (non-hydrogen) atoms. The maximum absolute atomic E-state index is 5.65. The molecular weight excluding hydrogens is 750 g/mol. The second-order valence-electron chi connectivity index (χ2n) is 11.8. The van der Waals surface area contributed by atoms with E-state index >= 15 is 0 Å². The standard InChI is InChI=1S/2C7H7O.2C7H7.2C6H4.2Sn/c2*1-8-7-5-3-2-4-6-7;2*1-7-5-3-2-4-6-7;2*1-2-4-6-5-3-1;;/h2*3-6H,1H3;2*3-6H,1H3;2*1-4H;;. The fourth-order valence-electron chi connectivity index (χ4n) is 7.43. The van der Waals surface area contributed by atoms with Crippen LogP contribution in [-0.4, -0.2) is 51.0 Å². The van der Waals surface area contributed by atoms with Gasteiger partial charge in [-0.1, -0.05) is 0 Å². The molecule has 1 aliphatic rings. The molecule has 0 bridgehead atoms. The summed E-state index contributed by atoms with van der Waals surface area (Å²) in [6.07, 6.45) is 0. The van der Waals surface area contributed by atoms with Crippen molar-refractivity contribution < 1.29 is 9.47 Å². The fourth-order valence-corrected chi connectivity index (χ4v) is 49.6. The fraction of sp³-hybridized carbons (Fsp3) is 0.100. The van der Waals surface area contributed by atoms with Gasteiger partial charge in [-0.05, 0) is 0 Å². The Kier molecular flexibility index (Phi) is 7.84. The molecule has 2 nitrogen and oxygen atoms in total. The van der Waals surface area contributed by atoms with Gasteiger partial charge in [0, 0.05) is 0 Å². The summed E-state index contributed by atoms with van der Waals surface area (Å²) >= 11 is -7.78. The summed E-state index contributed by atoms with van der Waals surface area (Å²) in [7, 11) is 3.49. The van der Waals surface area contributed by atoms with E-state index in [9.17, 15) is 0 Å². The van der Waals surface area contributed by atoms with Gasteiger partial charge in [0.25, 0.3) is 0 Å². The van der Waals surface area contributed by atoms with Gasteiger partial charge in [0.1, 0.15) is 0 Å². The molecule has 7 rings (SSSR count). The molecule has 1 aliphatic heterocycles. The number of aryl methyl sites for hydroxylation is 2. The van der Waals surface area contributed by atoms with Crippen molar-refractivity contribution in [3.05, 3.63) is 157 Å². The molecule has 0 aliphatic carbocycles. The average Bonchev–Trinajstić information content (AvgIpc) is 3.08. The summed E-state index contributed by atoms with van der Waals surface area (Å²) in [6.45, 7) is 4.38. The Hall–Kier alpha value is -3.48. The second kappa shape index (κ2) is 11.8. The summed E-state index contributed by atoms with van der Waals surface area (Å²) in [5, 5.41) is 0. The predicted molar refractivity (Wildman–Crippen MR) is 190 cm³/mol. The molecule has 0 unspecified atom stereocenters. The SMILES string of the molecule is COc1cc[c]([Sn]2([c]3ccc(OC)cc3)[c]3cccc[c]3[Sn]([c]3ccc(C)cc3)([c]3ccc(C)cc3)[c]3cccc[c]32)cc1. The van der Waals surface area contributed by atoms with Crippen molar-refractivity contribution in [1.29, 1.82) is 0 Å². The summed E-state index contributed by atoms with van der Waals surface area (Å²) in [6, 6.07) is 55.9. The van der Waals surface area contributed by atoms with Gasteiger partial charge in [-0.15, -0.1) is 0 Å². The van der Waals surface area contributed by atoms with Gasteiger partial charge in [-0.25, -0.2) is 0 Å². The molecule has 6 aromatic carbocycles. The van der Waals surface area contributed by atoms with E-state index < -0.39 is 36.8 Å². The number of methoxy groups -OCH3 is 2. The Bertz CT molecular complexity index is 1780. The van der Waals surface area contributed by atoms with Crippen molar-refractivity contribution >= 4 is 65.4 Å². The van der Waals surface area contributed by atoms with Crippen LogP contribution in [0.15, 0.2) is 146 Å². The van der Waals surface area contributed by atoms with Crippen LogP contribution < -0.4 is 38.1 Å². The van der Waals surface area contributed by atoms with Crippen molar-refractivity contribution in [3.8, 4) is 11.5 Å². The monoisotopic (exact) mass is 788 g/mol. The molecule has 216 valence electrons. The van der Waals surface area contributed by atoms with Gasteiger partial charge in [0.2, 0.25) is 0 Å². The number of rotatable bonds is 6. The number of ether oxygens (including phenoxy) is 2. The topological polar surface area (TPSA) is 18.5 Å².